The predicted octanol–water partition coefficient (Wildman–Crippen LogP) is 1.31. The maximum Gasteiger partial charge on any atom is 0.336 e. The highest BCUT2D eigenvalue weighted by Gasteiger charge is 2.37. The summed E-state index contributed by atoms with van der Waals surface area (Å²) in [5.74, 6) is -0.350. The molecule has 2 aromatic rings. The van der Waals surface area contributed by atoms with Gasteiger partial charge in [0, 0.05) is 5.69 Å². The monoisotopic (exact) mass is 331 g/mol. The Morgan fingerprint density at radius 3 is 2.04 bits per heavy atom. The summed E-state index contributed by atoms with van der Waals surface area (Å²) >= 11 is 0. The number of carbonyl (C=O) groups excluding carboxylic acids is 2. The standard InChI is InChI=1S/C15H13N3O4S/c16-23(21,22)13-8-6-11(7-9-13)17-10-14(19)18(15(17)20)12-4-2-1-3-5-12/h1-9H,10H2,(H2,16,21,22). The smallest absolute Gasteiger partial charge is 0.284 e. The van der Waals surface area contributed by atoms with Crippen molar-refractivity contribution in [2.24, 2.45) is 5.14 Å². The minimum atomic E-state index is -3.80. The Labute approximate surface area is 133 Å². The lowest BCUT2D eigenvalue weighted by atomic mass is 10.3. The van der Waals surface area contributed by atoms with E-state index in [0.29, 0.717) is 11.4 Å². The number of carbonyl (C=O) groups is 2. The van der Waals surface area contributed by atoms with Gasteiger partial charge in [0.2, 0.25) is 10.0 Å². The highest BCUT2D eigenvalue weighted by atomic mass is 32.2. The van der Waals surface area contributed by atoms with Gasteiger partial charge in [-0.25, -0.2) is 23.3 Å². The largest absolute Gasteiger partial charge is 0.336 e. The topological polar surface area (TPSA) is 101 Å². The van der Waals surface area contributed by atoms with Gasteiger partial charge in [0.05, 0.1) is 10.6 Å². The first-order valence-corrected chi connectivity index (χ1v) is 8.25. The molecular formula is C15H13N3O4S. The maximum atomic E-state index is 12.5. The zero-order chi connectivity index (χ0) is 16.6. The number of hydrogen-bond donors (Lipinski definition) is 1. The summed E-state index contributed by atoms with van der Waals surface area (Å²) in [5.41, 5.74) is 0.917. The van der Waals surface area contributed by atoms with Crippen LogP contribution in [0, 0.1) is 0 Å². The molecule has 2 aromatic carbocycles. The predicted molar refractivity (Wildman–Crippen MR) is 84.5 cm³/mol. The van der Waals surface area contributed by atoms with Crippen molar-refractivity contribution in [3.8, 4) is 0 Å². The highest BCUT2D eigenvalue weighted by Crippen LogP contribution is 2.26. The summed E-state index contributed by atoms with van der Waals surface area (Å²) in [6, 6.07) is 13.6. The summed E-state index contributed by atoms with van der Waals surface area (Å²) < 4.78 is 22.5. The van der Waals surface area contributed by atoms with Crippen LogP contribution >= 0.6 is 0 Å². The molecule has 0 unspecified atom stereocenters. The normalized spacial score (nSPS) is 15.3. The SMILES string of the molecule is NS(=O)(=O)c1ccc(N2CC(=O)N(c3ccccc3)C2=O)cc1. The van der Waals surface area contributed by atoms with E-state index in [9.17, 15) is 18.0 Å². The molecule has 118 valence electrons. The van der Waals surface area contributed by atoms with Crippen molar-refractivity contribution < 1.29 is 18.0 Å². The van der Waals surface area contributed by atoms with Crippen molar-refractivity contribution in [1.82, 2.24) is 0 Å². The Bertz CT molecular complexity index is 863. The Morgan fingerprint density at radius 2 is 1.48 bits per heavy atom. The van der Waals surface area contributed by atoms with Crippen LogP contribution in [0.15, 0.2) is 59.5 Å². The van der Waals surface area contributed by atoms with Crippen molar-refractivity contribution in [3.05, 3.63) is 54.6 Å². The molecule has 8 heteroatoms. The number of benzene rings is 2. The van der Waals surface area contributed by atoms with Gasteiger partial charge in [-0.05, 0) is 36.4 Å². The molecule has 1 saturated heterocycles. The molecule has 1 fully saturated rings. The van der Waals surface area contributed by atoms with Gasteiger partial charge in [-0.2, -0.15) is 0 Å². The second kappa shape index (κ2) is 5.49. The molecule has 3 rings (SSSR count). The van der Waals surface area contributed by atoms with E-state index < -0.39 is 16.1 Å². The number of nitrogens with zero attached hydrogens (tertiary/aromatic N) is 2. The van der Waals surface area contributed by atoms with E-state index in [2.05, 4.69) is 0 Å². The van der Waals surface area contributed by atoms with Gasteiger partial charge >= 0.3 is 6.03 Å². The fraction of sp³-hybridized carbons (Fsp3) is 0.0667. The average molecular weight is 331 g/mol. The molecule has 0 saturated carbocycles. The molecule has 0 aliphatic carbocycles. The van der Waals surface area contributed by atoms with Crippen LogP contribution in [0.2, 0.25) is 0 Å². The van der Waals surface area contributed by atoms with Gasteiger partial charge in [0.15, 0.2) is 0 Å². The van der Waals surface area contributed by atoms with Crippen molar-refractivity contribution in [2.45, 2.75) is 4.90 Å². The minimum absolute atomic E-state index is 0.0564. The Morgan fingerprint density at radius 1 is 0.870 bits per heavy atom. The van der Waals surface area contributed by atoms with Gasteiger partial charge in [-0.3, -0.25) is 9.69 Å². The van der Waals surface area contributed by atoms with Gasteiger partial charge in [0.25, 0.3) is 5.91 Å². The molecule has 7 nitrogen and oxygen atoms in total. The first kappa shape index (κ1) is 15.2. The second-order valence-corrected chi connectivity index (χ2v) is 6.53. The lowest BCUT2D eigenvalue weighted by Gasteiger charge is -2.17. The van der Waals surface area contributed by atoms with E-state index in [1.165, 1.54) is 29.2 Å². The Balaban J connectivity index is 1.91. The molecule has 1 heterocycles. The number of hydrogen-bond acceptors (Lipinski definition) is 4. The summed E-state index contributed by atoms with van der Waals surface area (Å²) in [4.78, 5) is 26.9. The maximum absolute atomic E-state index is 12.5. The van der Waals surface area contributed by atoms with Gasteiger partial charge in [-0.15, -0.1) is 0 Å². The zero-order valence-corrected chi connectivity index (χ0v) is 12.7. The third-order valence-corrected chi connectivity index (χ3v) is 4.39. The van der Waals surface area contributed by atoms with Crippen LogP contribution in [0.3, 0.4) is 0 Å². The van der Waals surface area contributed by atoms with Crippen molar-refractivity contribution >= 4 is 33.3 Å². The van der Waals surface area contributed by atoms with E-state index in [1.54, 1.807) is 30.3 Å². The number of imide groups is 1. The zero-order valence-electron chi connectivity index (χ0n) is 11.9. The molecule has 1 aliphatic heterocycles. The first-order chi connectivity index (χ1) is 10.9. The van der Waals surface area contributed by atoms with Crippen molar-refractivity contribution in [1.29, 1.82) is 0 Å². The molecule has 0 aromatic heterocycles. The number of primary sulfonamides is 1. The Hall–Kier alpha value is -2.71. The molecular weight excluding hydrogens is 318 g/mol. The van der Waals surface area contributed by atoms with E-state index in [1.807, 2.05) is 0 Å². The second-order valence-electron chi connectivity index (χ2n) is 4.97. The quantitative estimate of drug-likeness (QED) is 0.857. The van der Waals surface area contributed by atoms with Crippen LogP contribution < -0.4 is 14.9 Å². The third kappa shape index (κ3) is 2.81. The fourth-order valence-electron chi connectivity index (χ4n) is 2.35. The van der Waals surface area contributed by atoms with Crippen LogP contribution in [-0.4, -0.2) is 26.9 Å². The summed E-state index contributed by atoms with van der Waals surface area (Å²) in [6.45, 7) is -0.109. The lowest BCUT2D eigenvalue weighted by Crippen LogP contribution is -2.32. The minimum Gasteiger partial charge on any atom is -0.284 e. The van der Waals surface area contributed by atoms with Crippen LogP contribution in [0.4, 0.5) is 16.2 Å². The fourth-order valence-corrected chi connectivity index (χ4v) is 2.87. The van der Waals surface area contributed by atoms with E-state index in [0.717, 1.165) is 4.90 Å². The highest BCUT2D eigenvalue weighted by molar-refractivity contribution is 7.89. The van der Waals surface area contributed by atoms with Crippen molar-refractivity contribution in [2.75, 3.05) is 16.3 Å². The van der Waals surface area contributed by atoms with Gasteiger partial charge in [0.1, 0.15) is 6.54 Å². The van der Waals surface area contributed by atoms with Crippen molar-refractivity contribution in [3.63, 3.8) is 0 Å². The summed E-state index contributed by atoms with van der Waals surface area (Å²) in [6.07, 6.45) is 0. The number of rotatable bonds is 3. The summed E-state index contributed by atoms with van der Waals surface area (Å²) in [7, 11) is -3.80. The third-order valence-electron chi connectivity index (χ3n) is 3.46. The number of para-hydroxylation sites is 1. The van der Waals surface area contributed by atoms with Gasteiger partial charge < -0.3 is 0 Å². The molecule has 0 atom stereocenters. The van der Waals surface area contributed by atoms with Crippen LogP contribution in [0.1, 0.15) is 0 Å². The van der Waals surface area contributed by atoms with Crippen LogP contribution in [0.25, 0.3) is 0 Å². The average Bonchev–Trinajstić information content (AvgIpc) is 2.82. The molecule has 0 bridgehead atoms. The molecule has 0 radical (unpaired) electrons. The van der Waals surface area contributed by atoms with E-state index in [-0.39, 0.29) is 17.3 Å². The van der Waals surface area contributed by atoms with E-state index in [4.69, 9.17) is 5.14 Å². The number of amides is 3. The number of anilines is 2. The lowest BCUT2D eigenvalue weighted by molar-refractivity contribution is -0.115. The van der Waals surface area contributed by atoms with Crippen LogP contribution in [-0.2, 0) is 14.8 Å². The van der Waals surface area contributed by atoms with E-state index >= 15 is 0 Å². The van der Waals surface area contributed by atoms with Crippen LogP contribution in [0.5, 0.6) is 0 Å². The molecule has 0 spiro atoms. The number of nitrogens with two attached hydrogens (primary N) is 1. The number of sulfonamides is 1. The molecule has 23 heavy (non-hydrogen) atoms. The summed E-state index contributed by atoms with van der Waals surface area (Å²) in [5, 5.41) is 5.04. The Kier molecular flexibility index (Phi) is 3.63. The number of urea groups is 1. The molecule has 2 N–H and O–H groups in total. The van der Waals surface area contributed by atoms with Gasteiger partial charge in [-0.1, -0.05) is 18.2 Å². The first-order valence-electron chi connectivity index (χ1n) is 6.70. The molecule has 3 amide bonds. The molecule has 1 aliphatic rings.